The second kappa shape index (κ2) is 5.41. The van der Waals surface area contributed by atoms with Crippen LogP contribution in [-0.4, -0.2) is 18.9 Å². The Bertz CT molecular complexity index is 450. The van der Waals surface area contributed by atoms with E-state index in [2.05, 4.69) is 12.2 Å². The highest BCUT2D eigenvalue weighted by Gasteiger charge is 2.40. The molecule has 1 aromatic rings. The van der Waals surface area contributed by atoms with Crippen LogP contribution in [0.5, 0.6) is 0 Å². The first-order chi connectivity index (χ1) is 8.59. The number of carbonyl (C=O) groups is 1. The summed E-state index contributed by atoms with van der Waals surface area (Å²) in [7, 11) is 0. The molecule has 1 unspecified atom stereocenters. The van der Waals surface area contributed by atoms with Crippen molar-refractivity contribution in [3.8, 4) is 0 Å². The van der Waals surface area contributed by atoms with Gasteiger partial charge >= 0.3 is 0 Å². The van der Waals surface area contributed by atoms with Crippen molar-refractivity contribution < 1.29 is 4.79 Å². The lowest BCUT2D eigenvalue weighted by Crippen LogP contribution is -2.33. The lowest BCUT2D eigenvalue weighted by atomic mass is 9.76. The maximum Gasteiger partial charge on any atom is 0.170 e. The average molecular weight is 266 g/mol. The molecule has 18 heavy (non-hydrogen) atoms. The van der Waals surface area contributed by atoms with Crippen LogP contribution in [0.15, 0.2) is 18.2 Å². The topological polar surface area (TPSA) is 29.1 Å². The van der Waals surface area contributed by atoms with Gasteiger partial charge in [0.2, 0.25) is 0 Å². The number of aryl methyl sites for hydroxylation is 1. The molecule has 0 amide bonds. The molecule has 1 aromatic carbocycles. The van der Waals surface area contributed by atoms with E-state index in [1.54, 1.807) is 0 Å². The standard InChI is InChI=1S/C15H20ClNO/c1-3-6-15(7-8-17-10-15)14(18)12-5-4-11(2)13(16)9-12/h4-5,9,17H,3,6-8,10H2,1-2H3. The minimum atomic E-state index is -0.215. The first-order valence-electron chi connectivity index (χ1n) is 6.61. The number of nitrogens with one attached hydrogen (secondary N) is 1. The zero-order valence-electron chi connectivity index (χ0n) is 11.1. The SMILES string of the molecule is CCCC1(C(=O)c2ccc(C)c(Cl)c2)CCNC1. The Morgan fingerprint density at radius 2 is 2.28 bits per heavy atom. The van der Waals surface area contributed by atoms with Crippen molar-refractivity contribution in [2.24, 2.45) is 5.41 Å². The maximum atomic E-state index is 12.7. The lowest BCUT2D eigenvalue weighted by Gasteiger charge is -2.26. The molecule has 0 bridgehead atoms. The summed E-state index contributed by atoms with van der Waals surface area (Å²) in [6.07, 6.45) is 2.92. The first-order valence-corrected chi connectivity index (χ1v) is 6.98. The van der Waals surface area contributed by atoms with Gasteiger partial charge in [0.25, 0.3) is 0 Å². The molecule has 98 valence electrons. The van der Waals surface area contributed by atoms with Gasteiger partial charge in [0, 0.05) is 22.5 Å². The minimum absolute atomic E-state index is 0.215. The van der Waals surface area contributed by atoms with Gasteiger partial charge in [-0.25, -0.2) is 0 Å². The number of hydrogen-bond acceptors (Lipinski definition) is 2. The Morgan fingerprint density at radius 3 is 2.83 bits per heavy atom. The van der Waals surface area contributed by atoms with Crippen molar-refractivity contribution >= 4 is 17.4 Å². The molecule has 1 aliphatic heterocycles. The molecule has 1 atom stereocenters. The molecule has 1 heterocycles. The molecule has 1 N–H and O–H groups in total. The zero-order chi connectivity index (χ0) is 13.2. The van der Waals surface area contributed by atoms with E-state index in [1.165, 1.54) is 0 Å². The van der Waals surface area contributed by atoms with Crippen LogP contribution in [0.1, 0.15) is 42.1 Å². The molecule has 0 saturated carbocycles. The zero-order valence-corrected chi connectivity index (χ0v) is 11.8. The number of halogens is 1. The number of carbonyl (C=O) groups excluding carboxylic acids is 1. The second-order valence-electron chi connectivity index (χ2n) is 5.25. The Balaban J connectivity index is 2.30. The van der Waals surface area contributed by atoms with Crippen LogP contribution in [0.2, 0.25) is 5.02 Å². The van der Waals surface area contributed by atoms with E-state index in [9.17, 15) is 4.79 Å². The lowest BCUT2D eigenvalue weighted by molar-refractivity contribution is 0.0802. The molecule has 2 nitrogen and oxygen atoms in total. The molecule has 0 aromatic heterocycles. The fraction of sp³-hybridized carbons (Fsp3) is 0.533. The van der Waals surface area contributed by atoms with Crippen molar-refractivity contribution in [1.82, 2.24) is 5.32 Å². The van der Waals surface area contributed by atoms with Gasteiger partial charge in [0.15, 0.2) is 5.78 Å². The van der Waals surface area contributed by atoms with Gasteiger partial charge in [0.1, 0.15) is 0 Å². The third-order valence-electron chi connectivity index (χ3n) is 3.89. The summed E-state index contributed by atoms with van der Waals surface area (Å²) in [5.74, 6) is 0.247. The van der Waals surface area contributed by atoms with Crippen LogP contribution in [0, 0.1) is 12.3 Å². The number of benzene rings is 1. The summed E-state index contributed by atoms with van der Waals surface area (Å²) in [6.45, 7) is 5.82. The summed E-state index contributed by atoms with van der Waals surface area (Å²) in [5.41, 5.74) is 1.55. The smallest absolute Gasteiger partial charge is 0.170 e. The van der Waals surface area contributed by atoms with Gasteiger partial charge in [-0.05, 0) is 37.9 Å². The highest BCUT2D eigenvalue weighted by Crippen LogP contribution is 2.35. The number of ketones is 1. The summed E-state index contributed by atoms with van der Waals surface area (Å²) in [4.78, 5) is 12.7. The molecule has 1 aliphatic rings. The van der Waals surface area contributed by atoms with Crippen molar-refractivity contribution in [2.45, 2.75) is 33.1 Å². The molecule has 3 heteroatoms. The van der Waals surface area contributed by atoms with E-state index in [-0.39, 0.29) is 11.2 Å². The van der Waals surface area contributed by atoms with E-state index >= 15 is 0 Å². The van der Waals surface area contributed by atoms with E-state index in [0.717, 1.165) is 43.5 Å². The summed E-state index contributed by atoms with van der Waals surface area (Å²) in [6, 6.07) is 5.64. The largest absolute Gasteiger partial charge is 0.316 e. The van der Waals surface area contributed by atoms with E-state index in [4.69, 9.17) is 11.6 Å². The number of Topliss-reactive ketones (excluding diaryl/α,β-unsaturated/α-hetero) is 1. The third-order valence-corrected chi connectivity index (χ3v) is 4.30. The van der Waals surface area contributed by atoms with E-state index in [1.807, 2.05) is 25.1 Å². The minimum Gasteiger partial charge on any atom is -0.316 e. The predicted molar refractivity (Wildman–Crippen MR) is 75.3 cm³/mol. The van der Waals surface area contributed by atoms with Crippen LogP contribution in [0.4, 0.5) is 0 Å². The van der Waals surface area contributed by atoms with Gasteiger partial charge in [-0.1, -0.05) is 37.1 Å². The van der Waals surface area contributed by atoms with Gasteiger partial charge in [-0.3, -0.25) is 4.79 Å². The van der Waals surface area contributed by atoms with Gasteiger partial charge in [-0.15, -0.1) is 0 Å². The van der Waals surface area contributed by atoms with Crippen LogP contribution in [0.3, 0.4) is 0 Å². The Labute approximate surface area is 114 Å². The highest BCUT2D eigenvalue weighted by atomic mass is 35.5. The van der Waals surface area contributed by atoms with Crippen LogP contribution in [-0.2, 0) is 0 Å². The molecule has 2 rings (SSSR count). The summed E-state index contributed by atoms with van der Waals surface area (Å²) in [5, 5.41) is 4.00. The average Bonchev–Trinajstić information content (AvgIpc) is 2.82. The first kappa shape index (κ1) is 13.6. The fourth-order valence-corrected chi connectivity index (χ4v) is 2.96. The van der Waals surface area contributed by atoms with Crippen molar-refractivity contribution in [1.29, 1.82) is 0 Å². The second-order valence-corrected chi connectivity index (χ2v) is 5.66. The van der Waals surface area contributed by atoms with Crippen LogP contribution < -0.4 is 5.32 Å². The Hall–Kier alpha value is -0.860. The normalized spacial score (nSPS) is 23.3. The molecule has 0 radical (unpaired) electrons. The molecular formula is C15H20ClNO. The van der Waals surface area contributed by atoms with Gasteiger partial charge in [-0.2, -0.15) is 0 Å². The predicted octanol–water partition coefficient (Wildman–Crippen LogP) is 3.61. The summed E-state index contributed by atoms with van der Waals surface area (Å²) >= 11 is 6.12. The third kappa shape index (κ3) is 2.45. The number of rotatable bonds is 4. The van der Waals surface area contributed by atoms with Crippen LogP contribution in [0.25, 0.3) is 0 Å². The van der Waals surface area contributed by atoms with Gasteiger partial charge < -0.3 is 5.32 Å². The molecule has 0 aliphatic carbocycles. The summed E-state index contributed by atoms with van der Waals surface area (Å²) < 4.78 is 0. The Kier molecular flexibility index (Phi) is 4.08. The quantitative estimate of drug-likeness (QED) is 0.843. The van der Waals surface area contributed by atoms with E-state index < -0.39 is 0 Å². The highest BCUT2D eigenvalue weighted by molar-refractivity contribution is 6.31. The molecule has 0 spiro atoms. The van der Waals surface area contributed by atoms with Crippen molar-refractivity contribution in [3.05, 3.63) is 34.3 Å². The monoisotopic (exact) mass is 265 g/mol. The maximum absolute atomic E-state index is 12.7. The molecule has 1 fully saturated rings. The molecular weight excluding hydrogens is 246 g/mol. The van der Waals surface area contributed by atoms with E-state index in [0.29, 0.717) is 5.02 Å². The molecule has 1 saturated heterocycles. The fourth-order valence-electron chi connectivity index (χ4n) is 2.78. The van der Waals surface area contributed by atoms with Crippen LogP contribution >= 0.6 is 11.6 Å². The van der Waals surface area contributed by atoms with Gasteiger partial charge in [0.05, 0.1) is 0 Å². The van der Waals surface area contributed by atoms with Crippen molar-refractivity contribution in [2.75, 3.05) is 13.1 Å². The number of hydrogen-bond donors (Lipinski definition) is 1. The Morgan fingerprint density at radius 1 is 1.50 bits per heavy atom. The van der Waals surface area contributed by atoms with Crippen molar-refractivity contribution in [3.63, 3.8) is 0 Å².